The number of aliphatic hydroxyl groups excluding tert-OH is 1. The molecule has 1 unspecified atom stereocenters. The molecule has 0 heterocycles. The Bertz CT molecular complexity index is 502. The Hall–Kier alpha value is -1.96. The largest absolute Gasteiger partial charge is 0.493 e. The van der Waals surface area contributed by atoms with Crippen LogP contribution in [0.15, 0.2) is 12.1 Å². The van der Waals surface area contributed by atoms with Gasteiger partial charge >= 0.3 is 6.18 Å². The summed E-state index contributed by atoms with van der Waals surface area (Å²) in [6, 6.07) is 2.24. The van der Waals surface area contributed by atoms with E-state index in [4.69, 9.17) is 15.2 Å². The molecule has 0 aromatic heterocycles. The summed E-state index contributed by atoms with van der Waals surface area (Å²) in [5.41, 5.74) is 3.20. The number of methoxy groups -OCH3 is 2. The topological polar surface area (TPSA) is 81.8 Å². The summed E-state index contributed by atoms with van der Waals surface area (Å²) in [6.45, 7) is 0. The number of alkyl halides is 3. The van der Waals surface area contributed by atoms with E-state index >= 15 is 0 Å². The lowest BCUT2D eigenvalue weighted by molar-refractivity contribution is -0.141. The Morgan fingerprint density at radius 2 is 1.95 bits per heavy atom. The van der Waals surface area contributed by atoms with Crippen molar-refractivity contribution in [1.82, 2.24) is 0 Å². The third-order valence-electron chi connectivity index (χ3n) is 2.61. The van der Waals surface area contributed by atoms with E-state index in [2.05, 4.69) is 0 Å². The van der Waals surface area contributed by atoms with Crippen LogP contribution in [0.2, 0.25) is 0 Å². The van der Waals surface area contributed by atoms with Crippen LogP contribution in [0.1, 0.15) is 23.7 Å². The quantitative estimate of drug-likeness (QED) is 0.864. The summed E-state index contributed by atoms with van der Waals surface area (Å²) in [6.07, 6.45) is -7.09. The third-order valence-corrected chi connectivity index (χ3v) is 2.61. The molecule has 1 aromatic rings. The molecule has 112 valence electrons. The average Bonchev–Trinajstić information content (AvgIpc) is 2.34. The molecule has 0 aliphatic heterocycles. The molecule has 3 N–H and O–H groups in total. The van der Waals surface area contributed by atoms with Crippen LogP contribution < -0.4 is 15.2 Å². The predicted molar refractivity (Wildman–Crippen MR) is 63.3 cm³/mol. The Morgan fingerprint density at radius 1 is 1.35 bits per heavy atom. The van der Waals surface area contributed by atoms with Crippen LogP contribution >= 0.6 is 0 Å². The lowest BCUT2D eigenvalue weighted by Gasteiger charge is -2.21. The maximum absolute atomic E-state index is 13.1. The van der Waals surface area contributed by atoms with Gasteiger partial charge in [0.1, 0.15) is 5.56 Å². The maximum atomic E-state index is 13.1. The molecule has 0 fully saturated rings. The van der Waals surface area contributed by atoms with Crippen molar-refractivity contribution in [2.75, 3.05) is 14.2 Å². The highest BCUT2D eigenvalue weighted by molar-refractivity contribution is 5.74. The minimum Gasteiger partial charge on any atom is -0.493 e. The number of carbonyl (C=O) groups excluding carboxylic acids is 1. The molecule has 0 aliphatic carbocycles. The van der Waals surface area contributed by atoms with E-state index in [0.29, 0.717) is 0 Å². The zero-order chi connectivity index (χ0) is 15.5. The van der Waals surface area contributed by atoms with Gasteiger partial charge in [-0.3, -0.25) is 4.79 Å². The summed E-state index contributed by atoms with van der Waals surface area (Å²) in [4.78, 5) is 10.7. The van der Waals surface area contributed by atoms with E-state index in [9.17, 15) is 23.1 Å². The van der Waals surface area contributed by atoms with E-state index in [1.165, 1.54) is 13.2 Å². The van der Waals surface area contributed by atoms with Crippen LogP contribution in [-0.4, -0.2) is 25.2 Å². The maximum Gasteiger partial charge on any atom is 0.420 e. The van der Waals surface area contributed by atoms with Gasteiger partial charge in [0.15, 0.2) is 11.5 Å². The van der Waals surface area contributed by atoms with Crippen molar-refractivity contribution >= 4 is 5.91 Å². The lowest BCUT2D eigenvalue weighted by Crippen LogP contribution is -2.19. The fourth-order valence-electron chi connectivity index (χ4n) is 1.81. The normalized spacial score (nSPS) is 12.9. The zero-order valence-corrected chi connectivity index (χ0v) is 10.8. The summed E-state index contributed by atoms with van der Waals surface area (Å²) in [5.74, 6) is -1.60. The highest BCUT2D eigenvalue weighted by Gasteiger charge is 2.40. The fourth-order valence-corrected chi connectivity index (χ4v) is 1.81. The minimum atomic E-state index is -4.78. The van der Waals surface area contributed by atoms with E-state index < -0.39 is 41.5 Å². The van der Waals surface area contributed by atoms with Crippen molar-refractivity contribution in [2.24, 2.45) is 5.73 Å². The lowest BCUT2D eigenvalue weighted by atomic mass is 9.98. The van der Waals surface area contributed by atoms with Crippen molar-refractivity contribution in [3.63, 3.8) is 0 Å². The molecular formula is C12H14F3NO4. The Labute approximate surface area is 113 Å². The second-order valence-corrected chi connectivity index (χ2v) is 3.95. The molecule has 20 heavy (non-hydrogen) atoms. The van der Waals surface area contributed by atoms with Gasteiger partial charge < -0.3 is 20.3 Å². The van der Waals surface area contributed by atoms with Crippen LogP contribution in [-0.2, 0) is 11.0 Å². The Balaban J connectivity index is 3.48. The highest BCUT2D eigenvalue weighted by Crippen LogP contribution is 2.45. The second-order valence-electron chi connectivity index (χ2n) is 3.95. The van der Waals surface area contributed by atoms with Crippen LogP contribution in [0.5, 0.6) is 11.5 Å². The first-order valence-electron chi connectivity index (χ1n) is 5.50. The number of hydrogen-bond acceptors (Lipinski definition) is 4. The highest BCUT2D eigenvalue weighted by atomic mass is 19.4. The summed E-state index contributed by atoms with van der Waals surface area (Å²) < 4.78 is 48.9. The number of primary amides is 1. The van der Waals surface area contributed by atoms with Gasteiger partial charge in [0.05, 0.1) is 26.7 Å². The van der Waals surface area contributed by atoms with Gasteiger partial charge in [-0.15, -0.1) is 0 Å². The van der Waals surface area contributed by atoms with Crippen LogP contribution in [0.3, 0.4) is 0 Å². The molecule has 5 nitrogen and oxygen atoms in total. The number of amides is 1. The molecule has 0 aliphatic rings. The molecule has 1 atom stereocenters. The Kier molecular flexibility index (Phi) is 4.83. The van der Waals surface area contributed by atoms with Gasteiger partial charge in [0.25, 0.3) is 0 Å². The molecule has 1 aromatic carbocycles. The number of halogens is 3. The van der Waals surface area contributed by atoms with Gasteiger partial charge in [0, 0.05) is 0 Å². The van der Waals surface area contributed by atoms with E-state index in [0.717, 1.165) is 13.2 Å². The molecule has 1 amide bonds. The van der Waals surface area contributed by atoms with Crippen molar-refractivity contribution in [2.45, 2.75) is 18.7 Å². The van der Waals surface area contributed by atoms with E-state index in [1.807, 2.05) is 0 Å². The van der Waals surface area contributed by atoms with Gasteiger partial charge in [-0.2, -0.15) is 13.2 Å². The molecule has 0 radical (unpaired) electrons. The minimum absolute atomic E-state index is 0.130. The Morgan fingerprint density at radius 3 is 2.35 bits per heavy atom. The smallest absolute Gasteiger partial charge is 0.420 e. The second kappa shape index (κ2) is 6.00. The SMILES string of the molecule is COc1ccc(C(O)CC(N)=O)c(C(F)(F)F)c1OC. The van der Waals surface area contributed by atoms with E-state index in [-0.39, 0.29) is 5.75 Å². The van der Waals surface area contributed by atoms with Gasteiger partial charge in [0.2, 0.25) is 5.91 Å². The van der Waals surface area contributed by atoms with Crippen LogP contribution in [0.25, 0.3) is 0 Å². The first-order chi connectivity index (χ1) is 9.22. The van der Waals surface area contributed by atoms with E-state index in [1.54, 1.807) is 0 Å². The molecule has 8 heteroatoms. The first-order valence-corrected chi connectivity index (χ1v) is 5.50. The number of rotatable bonds is 5. The number of ether oxygens (including phenoxy) is 2. The number of hydrogen-bond donors (Lipinski definition) is 2. The summed E-state index contributed by atoms with van der Waals surface area (Å²) >= 11 is 0. The fraction of sp³-hybridized carbons (Fsp3) is 0.417. The molecular weight excluding hydrogens is 279 g/mol. The number of benzene rings is 1. The van der Waals surface area contributed by atoms with Crippen molar-refractivity contribution < 1.29 is 32.5 Å². The standard InChI is InChI=1S/C12H14F3NO4/c1-19-8-4-3-6(7(17)5-9(16)18)10(11(8)20-2)12(13,14)15/h3-4,7,17H,5H2,1-2H3,(H2,16,18). The summed E-state index contributed by atoms with van der Waals surface area (Å²) in [5, 5.41) is 9.72. The van der Waals surface area contributed by atoms with Crippen LogP contribution in [0.4, 0.5) is 13.2 Å². The average molecular weight is 293 g/mol. The van der Waals surface area contributed by atoms with Gasteiger partial charge in [-0.05, 0) is 11.6 Å². The summed E-state index contributed by atoms with van der Waals surface area (Å²) in [7, 11) is 2.24. The molecule has 0 bridgehead atoms. The molecule has 0 spiro atoms. The van der Waals surface area contributed by atoms with Crippen molar-refractivity contribution in [3.05, 3.63) is 23.3 Å². The third kappa shape index (κ3) is 3.32. The number of aliphatic hydroxyl groups is 1. The van der Waals surface area contributed by atoms with Crippen LogP contribution in [0, 0.1) is 0 Å². The molecule has 1 rings (SSSR count). The molecule has 0 saturated carbocycles. The van der Waals surface area contributed by atoms with Crippen molar-refractivity contribution in [1.29, 1.82) is 0 Å². The zero-order valence-electron chi connectivity index (χ0n) is 10.8. The van der Waals surface area contributed by atoms with Crippen molar-refractivity contribution in [3.8, 4) is 11.5 Å². The predicted octanol–water partition coefficient (Wildman–Crippen LogP) is 1.63. The monoisotopic (exact) mass is 293 g/mol. The van der Waals surface area contributed by atoms with Gasteiger partial charge in [-0.25, -0.2) is 0 Å². The number of nitrogens with two attached hydrogens (primary N) is 1. The van der Waals surface area contributed by atoms with Gasteiger partial charge in [-0.1, -0.05) is 6.07 Å². The first kappa shape index (κ1) is 16.1. The molecule has 0 saturated heterocycles. The number of carbonyl (C=O) groups is 1.